The standard InChI is InChI=1S/C57H61N3O5/c1-39(18-19-41-13-8-14-42(34-41)21-20-40-11-5-3-6-12-40)10-4-2-7-16-47(61)26-22-43-24-29-54(63)56(36-43)65-33-31-44-23-28-53(62)51(35-44)50-38-55(64)49-30-32-60-52(49)17-9-15-45-37-46(57(58)59)25-27-48(45)50/h3,5-8,11-14,16,23-25,27-30,32,34-37,39,50,57,62-64H,2,4,10,17-22,26,31,33,38,58-59H2,1H3/p-1/b16-7+,55-49?/t39-,50+/m1/s1. The van der Waals surface area contributed by atoms with Gasteiger partial charge in [0.05, 0.1) is 24.9 Å². The first-order valence-electron chi connectivity index (χ1n) is 22.9. The third-order valence-corrected chi connectivity index (χ3v) is 12.4. The lowest BCUT2D eigenvalue weighted by Crippen LogP contribution is -2.21. The second-order valence-corrected chi connectivity index (χ2v) is 17.4. The SMILES string of the molecule is C[C@H](CCC/C=C/C(=O)CCc1ccc(O)c(OCCc2ccc(O)c([C@H]3CC([O-])=C4C=CN=C4CC#Cc4cc(C(N)N)ccc43)c2)c1)CCc1cccc(CCc2ccccc2)c1. The van der Waals surface area contributed by atoms with Crippen molar-refractivity contribution in [3.63, 3.8) is 0 Å². The zero-order valence-corrected chi connectivity index (χ0v) is 37.3. The van der Waals surface area contributed by atoms with E-state index in [2.05, 4.69) is 78.4 Å². The van der Waals surface area contributed by atoms with E-state index < -0.39 is 12.1 Å². The van der Waals surface area contributed by atoms with Crippen molar-refractivity contribution in [2.45, 2.75) is 96.1 Å². The van der Waals surface area contributed by atoms with Crippen LogP contribution in [0, 0.1) is 17.8 Å². The van der Waals surface area contributed by atoms with Crippen molar-refractivity contribution < 1.29 is 24.9 Å². The minimum atomic E-state index is -0.695. The van der Waals surface area contributed by atoms with E-state index in [1.165, 1.54) is 16.7 Å². The normalized spacial score (nSPS) is 15.0. The van der Waals surface area contributed by atoms with Gasteiger partial charge in [-0.1, -0.05) is 116 Å². The third kappa shape index (κ3) is 13.2. The first-order chi connectivity index (χ1) is 31.6. The van der Waals surface area contributed by atoms with Crippen LogP contribution in [0.25, 0.3) is 0 Å². The van der Waals surface area contributed by atoms with E-state index in [4.69, 9.17) is 16.2 Å². The summed E-state index contributed by atoms with van der Waals surface area (Å²) in [7, 11) is 0. The van der Waals surface area contributed by atoms with Gasteiger partial charge in [0.1, 0.15) is 5.75 Å². The number of hydrogen-bond donors (Lipinski definition) is 4. The highest BCUT2D eigenvalue weighted by Gasteiger charge is 2.24. The minimum absolute atomic E-state index is 0.0172. The summed E-state index contributed by atoms with van der Waals surface area (Å²) in [6, 6.07) is 35.8. The monoisotopic (exact) mass is 866 g/mol. The number of phenols is 2. The van der Waals surface area contributed by atoms with Crippen LogP contribution in [-0.4, -0.2) is 28.3 Å². The molecule has 334 valence electrons. The Morgan fingerprint density at radius 2 is 1.55 bits per heavy atom. The Labute approximate surface area is 384 Å². The quantitative estimate of drug-likeness (QED) is 0.0263. The molecule has 0 aromatic heterocycles. The van der Waals surface area contributed by atoms with Gasteiger partial charge < -0.3 is 31.5 Å². The second kappa shape index (κ2) is 22.8. The lowest BCUT2D eigenvalue weighted by Gasteiger charge is -2.27. The average Bonchev–Trinajstić information content (AvgIpc) is 3.79. The maximum Gasteiger partial charge on any atom is 0.161 e. The van der Waals surface area contributed by atoms with Crippen molar-refractivity contribution in [2.75, 3.05) is 6.61 Å². The fourth-order valence-electron chi connectivity index (χ4n) is 8.59. The van der Waals surface area contributed by atoms with Gasteiger partial charge in [-0.15, -0.1) is 5.76 Å². The molecule has 0 spiro atoms. The highest BCUT2D eigenvalue weighted by Crippen LogP contribution is 2.39. The summed E-state index contributed by atoms with van der Waals surface area (Å²) < 4.78 is 6.08. The Kier molecular flexibility index (Phi) is 16.3. The van der Waals surface area contributed by atoms with Gasteiger partial charge in [-0.05, 0) is 138 Å². The molecular formula is C57H60N3O5-. The molecule has 1 heterocycles. The molecule has 8 heteroatoms. The Morgan fingerprint density at radius 1 is 0.815 bits per heavy atom. The highest BCUT2D eigenvalue weighted by atomic mass is 16.5. The number of hydrogen-bond acceptors (Lipinski definition) is 8. The molecule has 6 N–H and O–H groups in total. The molecule has 2 aliphatic rings. The smallest absolute Gasteiger partial charge is 0.161 e. The maximum atomic E-state index is 13.7. The number of nitrogens with two attached hydrogens (primary N) is 2. The van der Waals surface area contributed by atoms with Crippen LogP contribution < -0.4 is 21.3 Å². The summed E-state index contributed by atoms with van der Waals surface area (Å²) >= 11 is 0. The number of phenolic OH excluding ortho intramolecular Hbond substituents is 2. The van der Waals surface area contributed by atoms with Gasteiger partial charge in [-0.25, -0.2) is 0 Å². The molecule has 0 bridgehead atoms. The molecule has 0 unspecified atom stereocenters. The van der Waals surface area contributed by atoms with Crippen molar-refractivity contribution in [2.24, 2.45) is 22.4 Å². The van der Waals surface area contributed by atoms with Crippen molar-refractivity contribution in [3.05, 3.63) is 195 Å². The molecule has 8 nitrogen and oxygen atoms in total. The number of rotatable bonds is 20. The number of fused-ring (bicyclic) bond motifs is 2. The number of benzene rings is 5. The van der Waals surface area contributed by atoms with Crippen LogP contribution in [0.15, 0.2) is 150 Å². The Morgan fingerprint density at radius 3 is 2.37 bits per heavy atom. The molecule has 5 aromatic rings. The Balaban J connectivity index is 0.877. The molecule has 0 fully saturated rings. The lowest BCUT2D eigenvalue weighted by atomic mass is 9.82. The molecular weight excluding hydrogens is 807 g/mol. The Bertz CT molecular complexity index is 2630. The molecule has 1 aliphatic heterocycles. The van der Waals surface area contributed by atoms with Crippen LogP contribution in [0.2, 0.25) is 0 Å². The van der Waals surface area contributed by atoms with E-state index in [-0.39, 0.29) is 36.1 Å². The molecule has 0 radical (unpaired) electrons. The molecule has 7 rings (SSSR count). The van der Waals surface area contributed by atoms with E-state index in [9.17, 15) is 20.1 Å². The zero-order valence-electron chi connectivity index (χ0n) is 37.3. The van der Waals surface area contributed by atoms with E-state index >= 15 is 0 Å². The summed E-state index contributed by atoms with van der Waals surface area (Å²) in [6.45, 7) is 2.57. The molecule has 5 aromatic carbocycles. The second-order valence-electron chi connectivity index (χ2n) is 17.4. The number of aliphatic imine (C=N–C) groups is 1. The first kappa shape index (κ1) is 46.3. The van der Waals surface area contributed by atoms with Gasteiger partial charge in [0, 0.05) is 36.1 Å². The number of ketones is 1. The van der Waals surface area contributed by atoms with Crippen LogP contribution in [-0.2, 0) is 36.9 Å². The van der Waals surface area contributed by atoms with Crippen LogP contribution in [0.1, 0.15) is 114 Å². The number of unbranched alkanes of at least 4 members (excludes halogenated alkanes) is 1. The molecule has 2 atom stereocenters. The van der Waals surface area contributed by atoms with Gasteiger partial charge in [0.2, 0.25) is 0 Å². The fourth-order valence-corrected chi connectivity index (χ4v) is 8.59. The van der Waals surface area contributed by atoms with Gasteiger partial charge in [0.25, 0.3) is 0 Å². The zero-order chi connectivity index (χ0) is 45.5. The molecule has 0 saturated heterocycles. The summed E-state index contributed by atoms with van der Waals surface area (Å²) in [5, 5.41) is 35.6. The van der Waals surface area contributed by atoms with Gasteiger partial charge >= 0.3 is 0 Å². The maximum absolute atomic E-state index is 13.7. The lowest BCUT2D eigenvalue weighted by molar-refractivity contribution is -0.307. The first-order valence-corrected chi connectivity index (χ1v) is 22.9. The summed E-state index contributed by atoms with van der Waals surface area (Å²) in [5.41, 5.74) is 21.9. The number of allylic oxidation sites excluding steroid dienone is 5. The van der Waals surface area contributed by atoms with Crippen molar-refractivity contribution in [3.8, 4) is 29.1 Å². The Hall–Kier alpha value is -6.66. The topological polar surface area (TPSA) is 154 Å². The van der Waals surface area contributed by atoms with Gasteiger partial charge in [-0.3, -0.25) is 9.79 Å². The molecule has 0 amide bonds. The van der Waals surface area contributed by atoms with Crippen LogP contribution in [0.3, 0.4) is 0 Å². The van der Waals surface area contributed by atoms with E-state index in [1.54, 1.807) is 36.6 Å². The number of aryl methyl sites for hydroxylation is 4. The van der Waals surface area contributed by atoms with E-state index in [1.807, 2.05) is 42.5 Å². The van der Waals surface area contributed by atoms with Crippen molar-refractivity contribution in [1.82, 2.24) is 0 Å². The number of aromatic hydroxyl groups is 2. The van der Waals surface area contributed by atoms with Crippen molar-refractivity contribution >= 4 is 11.5 Å². The van der Waals surface area contributed by atoms with Crippen LogP contribution in [0.4, 0.5) is 0 Å². The molecule has 1 aliphatic carbocycles. The minimum Gasteiger partial charge on any atom is -0.875 e. The number of ether oxygens (including phenoxy) is 1. The van der Waals surface area contributed by atoms with Crippen LogP contribution >= 0.6 is 0 Å². The molecule has 65 heavy (non-hydrogen) atoms. The third-order valence-electron chi connectivity index (χ3n) is 12.4. The van der Waals surface area contributed by atoms with Crippen LogP contribution in [0.5, 0.6) is 17.2 Å². The van der Waals surface area contributed by atoms with E-state index in [0.29, 0.717) is 65.3 Å². The number of nitrogens with zero attached hydrogens (tertiary/aromatic N) is 1. The van der Waals surface area contributed by atoms with Gasteiger partial charge in [0.15, 0.2) is 17.3 Å². The van der Waals surface area contributed by atoms with E-state index in [0.717, 1.165) is 61.6 Å². The summed E-state index contributed by atoms with van der Waals surface area (Å²) in [4.78, 5) is 17.2. The summed E-state index contributed by atoms with van der Waals surface area (Å²) in [5.74, 6) is 6.93. The largest absolute Gasteiger partial charge is 0.875 e. The summed E-state index contributed by atoms with van der Waals surface area (Å²) in [6.07, 6.45) is 15.5. The molecule has 0 saturated carbocycles. The number of carbonyl (C=O) groups excluding carboxylic acids is 1. The fraction of sp³-hybridized carbons (Fsp3) is 0.298. The highest BCUT2D eigenvalue weighted by molar-refractivity contribution is 6.06. The number of carbonyl (C=O) groups is 1. The predicted molar refractivity (Wildman–Crippen MR) is 259 cm³/mol. The average molecular weight is 867 g/mol. The van der Waals surface area contributed by atoms with Gasteiger partial charge in [-0.2, -0.15) is 0 Å². The van der Waals surface area contributed by atoms with Crippen molar-refractivity contribution in [1.29, 1.82) is 0 Å². The predicted octanol–water partition coefficient (Wildman–Crippen LogP) is 9.78.